The molecule has 10 heteroatoms. The van der Waals surface area contributed by atoms with Gasteiger partial charge in [-0.3, -0.25) is 9.59 Å². The number of hydrogen-bond donors (Lipinski definition) is 3. The molecule has 0 radical (unpaired) electrons. The summed E-state index contributed by atoms with van der Waals surface area (Å²) in [6.07, 6.45) is 1.02. The predicted molar refractivity (Wildman–Crippen MR) is 148 cm³/mol. The molecule has 0 spiro atoms. The Balaban J connectivity index is 1.61. The van der Waals surface area contributed by atoms with Gasteiger partial charge in [0.25, 0.3) is 11.8 Å². The van der Waals surface area contributed by atoms with E-state index < -0.39 is 18.0 Å². The molecule has 3 aromatic carbocycles. The number of alkyl carbamates (subject to hydrolysis) is 1. The van der Waals surface area contributed by atoms with E-state index in [2.05, 4.69) is 21.2 Å². The quantitative estimate of drug-likeness (QED) is 0.226. The van der Waals surface area contributed by atoms with Crippen molar-refractivity contribution in [3.05, 3.63) is 90.0 Å². The number of carbonyl (C=O) groups is 3. The molecule has 0 aromatic heterocycles. The molecule has 1 atom stereocenters. The molecular weight excluding hydrogens is 500 g/mol. The minimum absolute atomic E-state index is 0.184. The molecule has 0 heterocycles. The molecule has 3 aromatic rings. The fourth-order valence-corrected chi connectivity index (χ4v) is 3.48. The molecule has 204 valence electrons. The molecule has 0 unspecified atom stereocenters. The lowest BCUT2D eigenvalue weighted by atomic mass is 10.1. The van der Waals surface area contributed by atoms with Crippen LogP contribution in [0.3, 0.4) is 0 Å². The standard InChI is InChI=1S/C29H32N4O6/c1-3-37-26-18-22(15-16-25(26)39-20-27(34)31-23-13-9-6-10-14-23)19-30-33-28(35)24(32-29(36)38-4-2)17-21-11-7-5-8-12-21/h5-16,18-19,24H,3-4,17,20H2,1-2H3,(H,31,34)(H,32,36)(H,33,35)/b30-19-/t24-/m0/s1. The van der Waals surface area contributed by atoms with Gasteiger partial charge in [0.1, 0.15) is 6.04 Å². The minimum atomic E-state index is -0.889. The molecule has 3 N–H and O–H groups in total. The first-order valence-electron chi connectivity index (χ1n) is 12.5. The van der Waals surface area contributed by atoms with E-state index in [9.17, 15) is 14.4 Å². The van der Waals surface area contributed by atoms with Crippen LogP contribution in [0.2, 0.25) is 0 Å². The largest absolute Gasteiger partial charge is 0.490 e. The summed E-state index contributed by atoms with van der Waals surface area (Å²) < 4.78 is 16.2. The average molecular weight is 533 g/mol. The monoisotopic (exact) mass is 532 g/mol. The van der Waals surface area contributed by atoms with Crippen molar-refractivity contribution >= 4 is 29.8 Å². The molecule has 0 saturated heterocycles. The zero-order valence-corrected chi connectivity index (χ0v) is 21.9. The summed E-state index contributed by atoms with van der Waals surface area (Å²) in [6, 6.07) is 22.5. The number of ether oxygens (including phenoxy) is 3. The first-order valence-corrected chi connectivity index (χ1v) is 12.5. The van der Waals surface area contributed by atoms with Crippen LogP contribution in [-0.4, -0.2) is 50.0 Å². The number of nitrogens with zero attached hydrogens (tertiary/aromatic N) is 1. The van der Waals surface area contributed by atoms with E-state index in [0.717, 1.165) is 5.56 Å². The van der Waals surface area contributed by atoms with Crippen molar-refractivity contribution in [2.75, 3.05) is 25.1 Å². The Morgan fingerprint density at radius 3 is 2.28 bits per heavy atom. The Labute approximate surface area is 227 Å². The highest BCUT2D eigenvalue weighted by molar-refractivity contribution is 5.92. The summed E-state index contributed by atoms with van der Waals surface area (Å²) in [5.74, 6) is 0.00471. The Bertz CT molecular complexity index is 1250. The number of rotatable bonds is 13. The summed E-state index contributed by atoms with van der Waals surface area (Å²) in [4.78, 5) is 37.0. The molecule has 0 aliphatic heterocycles. The molecule has 0 aliphatic carbocycles. The summed E-state index contributed by atoms with van der Waals surface area (Å²) >= 11 is 0. The van der Waals surface area contributed by atoms with Gasteiger partial charge in [0, 0.05) is 12.1 Å². The smallest absolute Gasteiger partial charge is 0.407 e. The van der Waals surface area contributed by atoms with Gasteiger partial charge in [-0.05, 0) is 55.3 Å². The van der Waals surface area contributed by atoms with Gasteiger partial charge in [0.15, 0.2) is 18.1 Å². The predicted octanol–water partition coefficient (Wildman–Crippen LogP) is 3.91. The van der Waals surface area contributed by atoms with Gasteiger partial charge in [-0.1, -0.05) is 48.5 Å². The van der Waals surface area contributed by atoms with Gasteiger partial charge in [-0.15, -0.1) is 0 Å². The molecule has 0 aliphatic rings. The van der Waals surface area contributed by atoms with Crippen LogP contribution in [0, 0.1) is 0 Å². The van der Waals surface area contributed by atoms with Crippen LogP contribution in [-0.2, 0) is 20.7 Å². The lowest BCUT2D eigenvalue weighted by Crippen LogP contribution is -2.47. The molecule has 0 bridgehead atoms. The lowest BCUT2D eigenvalue weighted by Gasteiger charge is -2.17. The number of hydrogen-bond acceptors (Lipinski definition) is 7. The molecule has 3 rings (SSSR count). The van der Waals surface area contributed by atoms with Gasteiger partial charge in [-0.2, -0.15) is 5.10 Å². The second-order valence-corrected chi connectivity index (χ2v) is 8.18. The van der Waals surface area contributed by atoms with E-state index >= 15 is 0 Å². The van der Waals surface area contributed by atoms with Crippen LogP contribution in [0.25, 0.3) is 0 Å². The number of hydrazone groups is 1. The van der Waals surface area contributed by atoms with Gasteiger partial charge in [-0.25, -0.2) is 10.2 Å². The highest BCUT2D eigenvalue weighted by atomic mass is 16.5. The topological polar surface area (TPSA) is 127 Å². The zero-order chi connectivity index (χ0) is 27.9. The highest BCUT2D eigenvalue weighted by Crippen LogP contribution is 2.28. The Morgan fingerprint density at radius 1 is 0.872 bits per heavy atom. The van der Waals surface area contributed by atoms with Crippen molar-refractivity contribution in [3.63, 3.8) is 0 Å². The number of nitrogens with one attached hydrogen (secondary N) is 3. The number of benzene rings is 3. The molecule has 0 saturated carbocycles. The third-order valence-electron chi connectivity index (χ3n) is 5.24. The molecule has 10 nitrogen and oxygen atoms in total. The number of carbonyl (C=O) groups excluding carboxylic acids is 3. The van der Waals surface area contributed by atoms with E-state index in [1.807, 2.05) is 55.5 Å². The van der Waals surface area contributed by atoms with Crippen LogP contribution in [0.15, 0.2) is 84.0 Å². The second kappa shape index (κ2) is 15.4. The van der Waals surface area contributed by atoms with Crippen LogP contribution < -0.4 is 25.5 Å². The maximum absolute atomic E-state index is 12.8. The normalized spacial score (nSPS) is 11.3. The first kappa shape index (κ1) is 28.7. The van der Waals surface area contributed by atoms with Crippen molar-refractivity contribution in [2.24, 2.45) is 5.10 Å². The summed E-state index contributed by atoms with van der Waals surface area (Å²) in [6.45, 7) is 3.88. The van der Waals surface area contributed by atoms with Crippen LogP contribution in [0.1, 0.15) is 25.0 Å². The first-order chi connectivity index (χ1) is 19.0. The van der Waals surface area contributed by atoms with E-state index in [0.29, 0.717) is 29.4 Å². The van der Waals surface area contributed by atoms with E-state index in [1.54, 1.807) is 37.3 Å². The SMILES string of the molecule is CCOC(=O)N[C@@H](Cc1ccccc1)C(=O)N/N=C\c1ccc(OCC(=O)Nc2ccccc2)c(OCC)c1. The van der Waals surface area contributed by atoms with Crippen molar-refractivity contribution in [2.45, 2.75) is 26.3 Å². The Hall–Kier alpha value is -4.86. The summed E-state index contributed by atoms with van der Waals surface area (Å²) in [7, 11) is 0. The van der Waals surface area contributed by atoms with Crippen molar-refractivity contribution < 1.29 is 28.6 Å². The van der Waals surface area contributed by atoms with Crippen molar-refractivity contribution in [3.8, 4) is 11.5 Å². The van der Waals surface area contributed by atoms with Crippen LogP contribution >= 0.6 is 0 Å². The van der Waals surface area contributed by atoms with Crippen molar-refractivity contribution in [1.29, 1.82) is 0 Å². The number of anilines is 1. The summed E-state index contributed by atoms with van der Waals surface area (Å²) in [5, 5.41) is 9.36. The molecular formula is C29H32N4O6. The van der Waals surface area contributed by atoms with E-state index in [1.165, 1.54) is 6.21 Å². The van der Waals surface area contributed by atoms with E-state index in [-0.39, 0.29) is 25.5 Å². The maximum Gasteiger partial charge on any atom is 0.407 e. The molecule has 3 amide bonds. The zero-order valence-electron chi connectivity index (χ0n) is 21.9. The van der Waals surface area contributed by atoms with Gasteiger partial charge in [0.05, 0.1) is 19.4 Å². The maximum atomic E-state index is 12.8. The van der Waals surface area contributed by atoms with Crippen LogP contribution in [0.5, 0.6) is 11.5 Å². The average Bonchev–Trinajstić information content (AvgIpc) is 2.93. The van der Waals surface area contributed by atoms with Gasteiger partial charge >= 0.3 is 6.09 Å². The van der Waals surface area contributed by atoms with E-state index in [4.69, 9.17) is 14.2 Å². The van der Waals surface area contributed by atoms with Crippen LogP contribution in [0.4, 0.5) is 10.5 Å². The third kappa shape index (κ3) is 9.84. The van der Waals surface area contributed by atoms with Gasteiger partial charge < -0.3 is 24.8 Å². The second-order valence-electron chi connectivity index (χ2n) is 8.18. The Morgan fingerprint density at radius 2 is 1.59 bits per heavy atom. The fraction of sp³-hybridized carbons (Fsp3) is 0.241. The fourth-order valence-electron chi connectivity index (χ4n) is 3.48. The Kier molecular flexibility index (Phi) is 11.3. The lowest BCUT2D eigenvalue weighted by molar-refractivity contribution is -0.123. The number of para-hydroxylation sites is 1. The molecule has 39 heavy (non-hydrogen) atoms. The van der Waals surface area contributed by atoms with Crippen molar-refractivity contribution in [1.82, 2.24) is 10.7 Å². The van der Waals surface area contributed by atoms with Gasteiger partial charge in [0.2, 0.25) is 0 Å². The minimum Gasteiger partial charge on any atom is -0.490 e. The highest BCUT2D eigenvalue weighted by Gasteiger charge is 2.21. The molecule has 0 fully saturated rings. The number of amides is 3. The summed E-state index contributed by atoms with van der Waals surface area (Å²) in [5.41, 5.74) is 4.63. The third-order valence-corrected chi connectivity index (χ3v) is 5.24.